The minimum Gasteiger partial charge on any atom is -0.494 e. The predicted octanol–water partition coefficient (Wildman–Crippen LogP) is 7.18. The van der Waals surface area contributed by atoms with Crippen molar-refractivity contribution in [1.29, 1.82) is 0 Å². The first-order valence-corrected chi connectivity index (χ1v) is 12.1. The van der Waals surface area contributed by atoms with E-state index in [-0.39, 0.29) is 12.5 Å². The smallest absolute Gasteiger partial charge is 0.271 e. The number of hydrogen-bond acceptors (Lipinski definition) is 5. The molecule has 9 heteroatoms. The summed E-state index contributed by atoms with van der Waals surface area (Å²) in [6.45, 7) is 5.15. The van der Waals surface area contributed by atoms with E-state index in [1.165, 1.54) is 6.21 Å². The number of nitrogens with one attached hydrogen (secondary N) is 1. The van der Waals surface area contributed by atoms with Crippen LogP contribution in [0.25, 0.3) is 0 Å². The van der Waals surface area contributed by atoms with Crippen molar-refractivity contribution in [2.75, 3.05) is 13.2 Å². The molecule has 0 aliphatic heterocycles. The first-order valence-electron chi connectivity index (χ1n) is 11.0. The number of nitrogens with zero attached hydrogens (tertiary/aromatic N) is 1. The molecule has 3 aromatic rings. The molecular weight excluding hydrogens is 511 g/mol. The van der Waals surface area contributed by atoms with Crippen molar-refractivity contribution in [3.63, 3.8) is 0 Å². The highest BCUT2D eigenvalue weighted by Crippen LogP contribution is 2.37. The Labute approximate surface area is 219 Å². The summed E-state index contributed by atoms with van der Waals surface area (Å²) in [4.78, 5) is 12.4. The normalized spacial score (nSPS) is 10.9. The van der Waals surface area contributed by atoms with Crippen molar-refractivity contribution in [3.05, 3.63) is 86.4 Å². The lowest BCUT2D eigenvalue weighted by molar-refractivity contribution is 0.0955. The zero-order chi connectivity index (χ0) is 25.2. The van der Waals surface area contributed by atoms with Crippen LogP contribution in [0.2, 0.25) is 15.1 Å². The quantitative estimate of drug-likeness (QED) is 0.209. The van der Waals surface area contributed by atoms with Crippen LogP contribution in [-0.4, -0.2) is 25.3 Å². The summed E-state index contributed by atoms with van der Waals surface area (Å²) in [5.41, 5.74) is 4.42. The molecule has 1 N–H and O–H groups in total. The third kappa shape index (κ3) is 7.79. The van der Waals surface area contributed by atoms with E-state index >= 15 is 0 Å². The molecule has 0 aliphatic carbocycles. The Kier molecular flexibility index (Phi) is 10.1. The van der Waals surface area contributed by atoms with Crippen molar-refractivity contribution in [2.24, 2.45) is 5.10 Å². The highest BCUT2D eigenvalue weighted by atomic mass is 35.5. The first kappa shape index (κ1) is 26.7. The zero-order valence-corrected chi connectivity index (χ0v) is 21.6. The van der Waals surface area contributed by atoms with E-state index in [2.05, 4.69) is 10.5 Å². The molecule has 0 aliphatic rings. The Morgan fingerprint density at radius 1 is 0.914 bits per heavy atom. The van der Waals surface area contributed by atoms with Gasteiger partial charge in [0.1, 0.15) is 12.4 Å². The average molecular weight is 536 g/mol. The summed E-state index contributed by atoms with van der Waals surface area (Å²) >= 11 is 18.5. The largest absolute Gasteiger partial charge is 0.494 e. The van der Waals surface area contributed by atoms with Crippen LogP contribution in [0.4, 0.5) is 0 Å². The van der Waals surface area contributed by atoms with Crippen molar-refractivity contribution in [1.82, 2.24) is 5.43 Å². The van der Waals surface area contributed by atoms with Gasteiger partial charge in [-0.2, -0.15) is 5.10 Å². The topological polar surface area (TPSA) is 69.2 Å². The van der Waals surface area contributed by atoms with Gasteiger partial charge in [-0.25, -0.2) is 5.43 Å². The van der Waals surface area contributed by atoms with E-state index in [0.29, 0.717) is 56.7 Å². The number of ether oxygens (including phenoxy) is 3. The number of hydrogen-bond donors (Lipinski definition) is 1. The number of carbonyl (C=O) groups excluding carboxylic acids is 1. The van der Waals surface area contributed by atoms with Gasteiger partial charge in [-0.1, -0.05) is 47.8 Å². The van der Waals surface area contributed by atoms with Gasteiger partial charge < -0.3 is 14.2 Å². The number of halogens is 3. The van der Waals surface area contributed by atoms with E-state index in [0.717, 1.165) is 12.0 Å². The molecule has 0 fully saturated rings. The maximum absolute atomic E-state index is 12.4. The average Bonchev–Trinajstić information content (AvgIpc) is 2.85. The van der Waals surface area contributed by atoms with Crippen LogP contribution >= 0.6 is 34.8 Å². The van der Waals surface area contributed by atoms with Gasteiger partial charge in [-0.05, 0) is 73.0 Å². The second-order valence-electron chi connectivity index (χ2n) is 7.37. The minimum atomic E-state index is -0.346. The van der Waals surface area contributed by atoms with Gasteiger partial charge in [0.2, 0.25) is 0 Å². The van der Waals surface area contributed by atoms with Gasteiger partial charge in [0.15, 0.2) is 11.5 Å². The van der Waals surface area contributed by atoms with Gasteiger partial charge in [-0.3, -0.25) is 4.79 Å². The van der Waals surface area contributed by atoms with Crippen LogP contribution in [0, 0.1) is 0 Å². The molecule has 0 spiro atoms. The molecule has 35 heavy (non-hydrogen) atoms. The molecule has 0 saturated heterocycles. The molecule has 3 rings (SSSR count). The van der Waals surface area contributed by atoms with Gasteiger partial charge in [0, 0.05) is 5.56 Å². The summed E-state index contributed by atoms with van der Waals surface area (Å²) in [6, 6.07) is 15.5. The molecular formula is C26H25Cl3N2O4. The molecule has 0 unspecified atom stereocenters. The number of amides is 1. The van der Waals surface area contributed by atoms with Crippen LogP contribution in [0.15, 0.2) is 59.7 Å². The number of benzene rings is 3. The van der Waals surface area contributed by atoms with E-state index in [1.807, 2.05) is 19.9 Å². The molecule has 184 valence electrons. The third-order valence-electron chi connectivity index (χ3n) is 4.67. The minimum absolute atomic E-state index is 0.225. The fraction of sp³-hybridized carbons (Fsp3) is 0.231. The maximum atomic E-state index is 12.4. The first-order chi connectivity index (χ1) is 16.9. The fourth-order valence-corrected chi connectivity index (χ4v) is 3.60. The summed E-state index contributed by atoms with van der Waals surface area (Å²) in [5.74, 6) is 1.22. The Morgan fingerprint density at radius 3 is 2.37 bits per heavy atom. The van der Waals surface area contributed by atoms with E-state index < -0.39 is 0 Å². The maximum Gasteiger partial charge on any atom is 0.271 e. The highest BCUT2D eigenvalue weighted by molar-refractivity contribution is 6.42. The summed E-state index contributed by atoms with van der Waals surface area (Å²) in [5, 5.41) is 5.29. The molecule has 0 atom stereocenters. The van der Waals surface area contributed by atoms with Gasteiger partial charge in [0.05, 0.1) is 34.5 Å². The van der Waals surface area contributed by atoms with E-state index in [4.69, 9.17) is 49.0 Å². The fourth-order valence-electron chi connectivity index (χ4n) is 3.00. The summed E-state index contributed by atoms with van der Waals surface area (Å²) in [7, 11) is 0. The highest BCUT2D eigenvalue weighted by Gasteiger charge is 2.13. The standard InChI is InChI=1S/C26H25Cl3N2O4/c1-3-11-34-20-8-6-19(7-9-20)26(32)31-30-15-18-13-23(29)25(24(14-18)33-4-2)35-16-17-5-10-21(27)22(28)12-17/h5-10,12-15H,3-4,11,16H2,1-2H3,(H,31,32)/b30-15-. The number of hydrazone groups is 1. The molecule has 0 heterocycles. The van der Waals surface area contributed by atoms with Crippen LogP contribution in [0.1, 0.15) is 41.8 Å². The number of rotatable bonds is 11. The molecule has 1 amide bonds. The third-order valence-corrected chi connectivity index (χ3v) is 5.69. The Balaban J connectivity index is 1.67. The molecule has 0 saturated carbocycles. The van der Waals surface area contributed by atoms with Crippen LogP contribution in [-0.2, 0) is 6.61 Å². The molecule has 3 aromatic carbocycles. The number of carbonyl (C=O) groups is 1. The van der Waals surface area contributed by atoms with Gasteiger partial charge >= 0.3 is 0 Å². The Morgan fingerprint density at radius 2 is 1.69 bits per heavy atom. The molecule has 0 aromatic heterocycles. The summed E-state index contributed by atoms with van der Waals surface area (Å²) in [6.07, 6.45) is 2.39. The molecule has 0 bridgehead atoms. The van der Waals surface area contributed by atoms with Crippen molar-refractivity contribution in [2.45, 2.75) is 26.9 Å². The Hall–Kier alpha value is -2.93. The van der Waals surface area contributed by atoms with Gasteiger partial charge in [-0.15, -0.1) is 0 Å². The van der Waals surface area contributed by atoms with Crippen molar-refractivity contribution in [3.8, 4) is 17.2 Å². The molecule has 0 radical (unpaired) electrons. The van der Waals surface area contributed by atoms with Crippen LogP contribution in [0.5, 0.6) is 17.2 Å². The summed E-state index contributed by atoms with van der Waals surface area (Å²) < 4.78 is 17.1. The van der Waals surface area contributed by atoms with Gasteiger partial charge in [0.25, 0.3) is 5.91 Å². The van der Waals surface area contributed by atoms with Crippen LogP contribution in [0.3, 0.4) is 0 Å². The molecule has 6 nitrogen and oxygen atoms in total. The monoisotopic (exact) mass is 534 g/mol. The second kappa shape index (κ2) is 13.2. The van der Waals surface area contributed by atoms with E-state index in [1.54, 1.807) is 48.5 Å². The lowest BCUT2D eigenvalue weighted by atomic mass is 10.2. The van der Waals surface area contributed by atoms with Crippen molar-refractivity contribution < 1.29 is 19.0 Å². The van der Waals surface area contributed by atoms with E-state index in [9.17, 15) is 4.79 Å². The van der Waals surface area contributed by atoms with Crippen LogP contribution < -0.4 is 19.6 Å². The van der Waals surface area contributed by atoms with Crippen molar-refractivity contribution >= 4 is 46.9 Å². The SMILES string of the molecule is CCCOc1ccc(C(=O)N/N=C\c2cc(Cl)c(OCc3ccc(Cl)c(Cl)c3)c(OCC)c2)cc1. The second-order valence-corrected chi connectivity index (χ2v) is 8.59. The predicted molar refractivity (Wildman–Crippen MR) is 141 cm³/mol. The Bertz CT molecular complexity index is 1180. The lowest BCUT2D eigenvalue weighted by Gasteiger charge is -2.14. The zero-order valence-electron chi connectivity index (χ0n) is 19.3. The lowest BCUT2D eigenvalue weighted by Crippen LogP contribution is -2.17.